The maximum Gasteiger partial charge on any atom is 0.0236 e. The molecule has 1 aromatic rings. The average Bonchev–Trinajstić information content (AvgIpc) is 2.48. The Kier molecular flexibility index (Phi) is 4.97. The van der Waals surface area contributed by atoms with Crippen LogP contribution in [-0.2, 0) is 6.42 Å². The van der Waals surface area contributed by atoms with Crippen LogP contribution in [-0.4, -0.2) is 36.6 Å². The van der Waals surface area contributed by atoms with E-state index in [1.54, 1.807) is 0 Å². The number of nitrogens with one attached hydrogen (secondary N) is 1. The third-order valence-corrected chi connectivity index (χ3v) is 5.47. The molecule has 2 nitrogen and oxygen atoms in total. The molecule has 1 N–H and O–H groups in total. The largest absolute Gasteiger partial charge is 0.311 e. The highest BCUT2D eigenvalue weighted by molar-refractivity contribution is 5.16. The molecule has 1 saturated heterocycles. The molecule has 1 heterocycles. The second-order valence-corrected chi connectivity index (χ2v) is 7.30. The van der Waals surface area contributed by atoms with Crippen molar-refractivity contribution in [3.8, 4) is 0 Å². The molecule has 4 unspecified atom stereocenters. The predicted molar refractivity (Wildman–Crippen MR) is 89.5 cm³/mol. The van der Waals surface area contributed by atoms with Gasteiger partial charge in [0.2, 0.25) is 0 Å². The van der Waals surface area contributed by atoms with Crippen LogP contribution in [0.4, 0.5) is 0 Å². The minimum atomic E-state index is 0.618. The highest BCUT2D eigenvalue weighted by atomic mass is 15.2. The first-order chi connectivity index (χ1) is 10.2. The lowest BCUT2D eigenvalue weighted by Gasteiger charge is -2.44. The average molecular weight is 286 g/mol. The lowest BCUT2D eigenvalue weighted by atomic mass is 9.79. The van der Waals surface area contributed by atoms with Crippen LogP contribution in [0.5, 0.6) is 0 Å². The van der Waals surface area contributed by atoms with Gasteiger partial charge in [-0.3, -0.25) is 4.90 Å². The summed E-state index contributed by atoms with van der Waals surface area (Å²) in [4.78, 5) is 2.78. The van der Waals surface area contributed by atoms with E-state index < -0.39 is 0 Å². The van der Waals surface area contributed by atoms with Gasteiger partial charge in [-0.1, -0.05) is 44.2 Å². The van der Waals surface area contributed by atoms with Gasteiger partial charge in [0, 0.05) is 31.7 Å². The fraction of sp³-hybridized carbons (Fsp3) is 0.684. The lowest BCUT2D eigenvalue weighted by Crippen LogP contribution is -2.56. The zero-order chi connectivity index (χ0) is 14.7. The minimum absolute atomic E-state index is 0.618. The van der Waals surface area contributed by atoms with E-state index in [1.165, 1.54) is 37.9 Å². The molecule has 2 heteroatoms. The molecule has 0 bridgehead atoms. The van der Waals surface area contributed by atoms with Crippen molar-refractivity contribution in [3.05, 3.63) is 35.9 Å². The van der Waals surface area contributed by atoms with E-state index in [2.05, 4.69) is 54.4 Å². The SMILES string of the molecule is CC1CCC(N2CCNC(Cc3ccccc3)C2)C(C)C1. The summed E-state index contributed by atoms with van der Waals surface area (Å²) in [5.74, 6) is 1.79. The molecular formula is C19H30N2. The molecule has 2 aliphatic rings. The summed E-state index contributed by atoms with van der Waals surface area (Å²) in [6.07, 6.45) is 5.40. The summed E-state index contributed by atoms with van der Waals surface area (Å²) >= 11 is 0. The smallest absolute Gasteiger partial charge is 0.0236 e. The molecule has 1 aliphatic carbocycles. The maximum atomic E-state index is 3.72. The van der Waals surface area contributed by atoms with Gasteiger partial charge in [0.15, 0.2) is 0 Å². The Morgan fingerprint density at radius 3 is 2.71 bits per heavy atom. The lowest BCUT2D eigenvalue weighted by molar-refractivity contribution is 0.0673. The molecule has 0 radical (unpaired) electrons. The van der Waals surface area contributed by atoms with Crippen molar-refractivity contribution in [2.45, 2.75) is 51.6 Å². The highest BCUT2D eigenvalue weighted by Gasteiger charge is 2.32. The summed E-state index contributed by atoms with van der Waals surface area (Å²) in [6.45, 7) is 8.49. The van der Waals surface area contributed by atoms with E-state index in [0.717, 1.165) is 30.8 Å². The van der Waals surface area contributed by atoms with Crippen molar-refractivity contribution >= 4 is 0 Å². The number of hydrogen-bond donors (Lipinski definition) is 1. The number of hydrogen-bond acceptors (Lipinski definition) is 2. The van der Waals surface area contributed by atoms with Gasteiger partial charge in [0.1, 0.15) is 0 Å². The van der Waals surface area contributed by atoms with E-state index >= 15 is 0 Å². The standard InChI is InChI=1S/C19H30N2/c1-15-8-9-19(16(2)12-15)21-11-10-20-18(14-21)13-17-6-4-3-5-7-17/h3-7,15-16,18-20H,8-14H2,1-2H3. The molecule has 0 aromatic heterocycles. The molecule has 2 fully saturated rings. The number of rotatable bonds is 3. The van der Waals surface area contributed by atoms with Crippen LogP contribution in [0.3, 0.4) is 0 Å². The molecule has 0 amide bonds. The van der Waals surface area contributed by atoms with E-state index in [1.807, 2.05) is 0 Å². The minimum Gasteiger partial charge on any atom is -0.311 e. The van der Waals surface area contributed by atoms with Crippen LogP contribution in [0.25, 0.3) is 0 Å². The predicted octanol–water partition coefficient (Wildman–Crippen LogP) is 3.33. The Labute approximate surface area is 129 Å². The normalized spacial score (nSPS) is 34.8. The van der Waals surface area contributed by atoms with E-state index in [4.69, 9.17) is 0 Å². The Hall–Kier alpha value is -0.860. The maximum absolute atomic E-state index is 3.72. The van der Waals surface area contributed by atoms with Crippen LogP contribution < -0.4 is 5.32 Å². The Bertz CT molecular complexity index is 430. The van der Waals surface area contributed by atoms with Crippen molar-refractivity contribution in [2.24, 2.45) is 11.8 Å². The number of piperazine rings is 1. The number of benzene rings is 1. The molecule has 1 saturated carbocycles. The van der Waals surface area contributed by atoms with Gasteiger partial charge in [-0.15, -0.1) is 0 Å². The molecule has 1 aromatic carbocycles. The third kappa shape index (κ3) is 3.87. The molecular weight excluding hydrogens is 256 g/mol. The van der Waals surface area contributed by atoms with Crippen molar-refractivity contribution in [1.29, 1.82) is 0 Å². The second kappa shape index (κ2) is 6.93. The van der Waals surface area contributed by atoms with Crippen molar-refractivity contribution < 1.29 is 0 Å². The monoisotopic (exact) mass is 286 g/mol. The first-order valence-electron chi connectivity index (χ1n) is 8.73. The summed E-state index contributed by atoms with van der Waals surface area (Å²) in [7, 11) is 0. The van der Waals surface area contributed by atoms with E-state index in [-0.39, 0.29) is 0 Å². The summed E-state index contributed by atoms with van der Waals surface area (Å²) in [5.41, 5.74) is 1.46. The zero-order valence-electron chi connectivity index (χ0n) is 13.6. The number of nitrogens with zero attached hydrogens (tertiary/aromatic N) is 1. The van der Waals surface area contributed by atoms with Crippen LogP contribution in [0.15, 0.2) is 30.3 Å². The van der Waals surface area contributed by atoms with Gasteiger partial charge in [0.05, 0.1) is 0 Å². The third-order valence-electron chi connectivity index (χ3n) is 5.47. The molecule has 0 spiro atoms. The van der Waals surface area contributed by atoms with Crippen LogP contribution in [0.2, 0.25) is 0 Å². The summed E-state index contributed by atoms with van der Waals surface area (Å²) < 4.78 is 0. The van der Waals surface area contributed by atoms with E-state index in [9.17, 15) is 0 Å². The van der Waals surface area contributed by atoms with Crippen LogP contribution in [0.1, 0.15) is 38.7 Å². The highest BCUT2D eigenvalue weighted by Crippen LogP contribution is 2.32. The molecule has 21 heavy (non-hydrogen) atoms. The van der Waals surface area contributed by atoms with Crippen LogP contribution in [0, 0.1) is 11.8 Å². The van der Waals surface area contributed by atoms with Gasteiger partial charge in [-0.2, -0.15) is 0 Å². The molecule has 116 valence electrons. The van der Waals surface area contributed by atoms with Gasteiger partial charge in [-0.25, -0.2) is 0 Å². The van der Waals surface area contributed by atoms with Gasteiger partial charge in [-0.05, 0) is 43.1 Å². The topological polar surface area (TPSA) is 15.3 Å². The Balaban J connectivity index is 1.58. The first-order valence-corrected chi connectivity index (χ1v) is 8.73. The fourth-order valence-electron chi connectivity index (χ4n) is 4.38. The summed E-state index contributed by atoms with van der Waals surface area (Å²) in [5, 5.41) is 3.72. The van der Waals surface area contributed by atoms with Gasteiger partial charge < -0.3 is 5.32 Å². The van der Waals surface area contributed by atoms with Crippen molar-refractivity contribution in [1.82, 2.24) is 10.2 Å². The van der Waals surface area contributed by atoms with Crippen LogP contribution >= 0.6 is 0 Å². The summed E-state index contributed by atoms with van der Waals surface area (Å²) in [6, 6.07) is 12.4. The van der Waals surface area contributed by atoms with Crippen molar-refractivity contribution in [3.63, 3.8) is 0 Å². The first kappa shape index (κ1) is 15.1. The Morgan fingerprint density at radius 2 is 1.95 bits per heavy atom. The Morgan fingerprint density at radius 1 is 1.14 bits per heavy atom. The molecule has 1 aliphatic heterocycles. The zero-order valence-corrected chi connectivity index (χ0v) is 13.6. The second-order valence-electron chi connectivity index (χ2n) is 7.30. The van der Waals surface area contributed by atoms with Crippen molar-refractivity contribution in [2.75, 3.05) is 19.6 Å². The molecule has 3 rings (SSSR count). The van der Waals surface area contributed by atoms with E-state index in [0.29, 0.717) is 6.04 Å². The van der Waals surface area contributed by atoms with Gasteiger partial charge >= 0.3 is 0 Å². The quantitative estimate of drug-likeness (QED) is 0.917. The fourth-order valence-corrected chi connectivity index (χ4v) is 4.38. The van der Waals surface area contributed by atoms with Gasteiger partial charge in [0.25, 0.3) is 0 Å². The molecule has 4 atom stereocenters.